The van der Waals surface area contributed by atoms with E-state index in [-0.39, 0.29) is 22.7 Å². The largest absolute Gasteiger partial charge is 0.351 e. The molecule has 5 aromatic rings. The van der Waals surface area contributed by atoms with Gasteiger partial charge < -0.3 is 14.8 Å². The van der Waals surface area contributed by atoms with E-state index in [1.165, 1.54) is 23.3 Å². The molecule has 1 aliphatic heterocycles. The smallest absolute Gasteiger partial charge is 0.269 e. The van der Waals surface area contributed by atoms with Crippen LogP contribution in [0.3, 0.4) is 0 Å². The summed E-state index contributed by atoms with van der Waals surface area (Å²) < 4.78 is 2.31. The molecular formula is C34H31N5O2S2. The third-order valence-corrected chi connectivity index (χ3v) is 9.22. The molecule has 43 heavy (non-hydrogen) atoms. The molecule has 0 bridgehead atoms. The minimum Gasteiger partial charge on any atom is -0.351 e. The van der Waals surface area contributed by atoms with Gasteiger partial charge in [0.1, 0.15) is 0 Å². The number of benzene rings is 3. The van der Waals surface area contributed by atoms with E-state index in [4.69, 9.17) is 17.2 Å². The van der Waals surface area contributed by atoms with Gasteiger partial charge >= 0.3 is 0 Å². The van der Waals surface area contributed by atoms with Crippen molar-refractivity contribution in [3.8, 4) is 5.69 Å². The molecule has 2 atom stereocenters. The van der Waals surface area contributed by atoms with Gasteiger partial charge in [0.25, 0.3) is 5.69 Å². The third kappa shape index (κ3) is 5.66. The molecule has 3 aromatic carbocycles. The van der Waals surface area contributed by atoms with E-state index in [0.717, 1.165) is 44.7 Å². The number of nitro benzene ring substituents is 1. The number of thiocarbonyl (C=S) groups is 1. The number of rotatable bonds is 8. The Morgan fingerprint density at radius 1 is 0.930 bits per heavy atom. The fourth-order valence-electron chi connectivity index (χ4n) is 5.76. The maximum Gasteiger partial charge on any atom is 0.269 e. The highest BCUT2D eigenvalue weighted by Crippen LogP contribution is 2.44. The molecule has 6 rings (SSSR count). The minimum absolute atomic E-state index is 0.0839. The predicted octanol–water partition coefficient (Wildman–Crippen LogP) is 8.29. The Morgan fingerprint density at radius 2 is 1.58 bits per heavy atom. The lowest BCUT2D eigenvalue weighted by Gasteiger charge is -2.28. The first-order valence-electron chi connectivity index (χ1n) is 14.1. The van der Waals surface area contributed by atoms with Gasteiger partial charge in [0.15, 0.2) is 5.11 Å². The van der Waals surface area contributed by atoms with E-state index in [0.29, 0.717) is 5.11 Å². The summed E-state index contributed by atoms with van der Waals surface area (Å²) in [5, 5.41) is 15.2. The van der Waals surface area contributed by atoms with E-state index in [1.807, 2.05) is 24.4 Å². The van der Waals surface area contributed by atoms with Crippen molar-refractivity contribution in [2.24, 2.45) is 0 Å². The average molecular weight is 606 g/mol. The molecule has 0 spiro atoms. The fraction of sp³-hybridized carbons (Fsp3) is 0.176. The normalized spacial score (nSPS) is 16.3. The van der Waals surface area contributed by atoms with E-state index in [2.05, 4.69) is 90.2 Å². The second-order valence-corrected chi connectivity index (χ2v) is 12.1. The number of hydrogen-bond donors (Lipinski definition) is 1. The first-order valence-corrected chi connectivity index (χ1v) is 15.4. The molecule has 2 aromatic heterocycles. The van der Waals surface area contributed by atoms with Crippen molar-refractivity contribution in [1.82, 2.24) is 14.9 Å². The Balaban J connectivity index is 1.36. The van der Waals surface area contributed by atoms with Crippen LogP contribution < -0.4 is 10.2 Å². The second-order valence-electron chi connectivity index (χ2n) is 10.5. The predicted molar refractivity (Wildman–Crippen MR) is 176 cm³/mol. The van der Waals surface area contributed by atoms with Crippen molar-refractivity contribution in [3.05, 3.63) is 142 Å². The molecule has 1 fully saturated rings. The van der Waals surface area contributed by atoms with Crippen LogP contribution in [-0.2, 0) is 6.42 Å². The van der Waals surface area contributed by atoms with Gasteiger partial charge in [0, 0.05) is 50.9 Å². The molecule has 0 aliphatic carbocycles. The topological polar surface area (TPSA) is 76.2 Å². The zero-order valence-electron chi connectivity index (χ0n) is 24.1. The standard InChI is InChI=1S/C34H31N5O2S2/c1-4-24-8-10-25(11-9-24)37-22(2)21-30(23(37)3)33-32(31-7-5-6-20-35-31)36-34(42)38(33)26-12-16-28(17-13-26)43-29-18-14-27(15-19-29)39(40)41/h5-21,32-33H,4H2,1-3H3,(H,36,42)/t32-,33-/m0/s1. The Bertz CT molecular complexity index is 1770. The Kier molecular flexibility index (Phi) is 8.01. The van der Waals surface area contributed by atoms with Gasteiger partial charge in [-0.2, -0.15) is 0 Å². The molecule has 7 nitrogen and oxygen atoms in total. The zero-order chi connectivity index (χ0) is 30.1. The highest BCUT2D eigenvalue weighted by Gasteiger charge is 2.42. The summed E-state index contributed by atoms with van der Waals surface area (Å²) in [6.45, 7) is 6.49. The monoisotopic (exact) mass is 605 g/mol. The first-order chi connectivity index (χ1) is 20.8. The number of nitrogens with zero attached hydrogens (tertiary/aromatic N) is 4. The van der Waals surface area contributed by atoms with E-state index >= 15 is 0 Å². The third-order valence-electron chi connectivity index (χ3n) is 7.89. The quantitative estimate of drug-likeness (QED) is 0.108. The lowest BCUT2D eigenvalue weighted by atomic mass is 9.96. The van der Waals surface area contributed by atoms with E-state index < -0.39 is 0 Å². The van der Waals surface area contributed by atoms with Crippen LogP contribution in [0, 0.1) is 24.0 Å². The molecule has 216 valence electrons. The summed E-state index contributed by atoms with van der Waals surface area (Å²) in [5.41, 5.74) is 7.95. The van der Waals surface area contributed by atoms with Crippen molar-refractivity contribution >= 4 is 40.5 Å². The lowest BCUT2D eigenvalue weighted by molar-refractivity contribution is -0.384. The van der Waals surface area contributed by atoms with Crippen LogP contribution in [0.15, 0.2) is 113 Å². The zero-order valence-corrected chi connectivity index (χ0v) is 25.7. The van der Waals surface area contributed by atoms with Crippen molar-refractivity contribution in [3.63, 3.8) is 0 Å². The van der Waals surface area contributed by atoms with Crippen LogP contribution in [0.4, 0.5) is 11.4 Å². The summed E-state index contributed by atoms with van der Waals surface area (Å²) >= 11 is 7.53. The Hall–Kier alpha value is -4.47. The van der Waals surface area contributed by atoms with Gasteiger partial charge in [-0.15, -0.1) is 0 Å². The number of aromatic nitrogens is 2. The summed E-state index contributed by atoms with van der Waals surface area (Å²) in [4.78, 5) is 19.5. The number of nitrogens with one attached hydrogen (secondary N) is 1. The number of anilines is 1. The van der Waals surface area contributed by atoms with Gasteiger partial charge in [0.05, 0.1) is 22.7 Å². The van der Waals surface area contributed by atoms with Crippen LogP contribution in [-0.4, -0.2) is 19.6 Å². The Morgan fingerprint density at radius 3 is 2.19 bits per heavy atom. The van der Waals surface area contributed by atoms with Gasteiger partial charge in [0.2, 0.25) is 0 Å². The summed E-state index contributed by atoms with van der Waals surface area (Å²) in [7, 11) is 0. The van der Waals surface area contributed by atoms with Crippen LogP contribution in [0.2, 0.25) is 0 Å². The molecular weight excluding hydrogens is 575 g/mol. The molecule has 1 N–H and O–H groups in total. The van der Waals surface area contributed by atoms with Gasteiger partial charge in [-0.05, 0) is 110 Å². The molecule has 0 amide bonds. The molecule has 0 saturated carbocycles. The molecule has 3 heterocycles. The molecule has 0 unspecified atom stereocenters. The van der Waals surface area contributed by atoms with Crippen LogP contribution >= 0.6 is 24.0 Å². The second kappa shape index (κ2) is 12.0. The highest BCUT2D eigenvalue weighted by atomic mass is 32.2. The SMILES string of the molecule is CCc1ccc(-n2c(C)cc([C@H]3[C@H](c4ccccn4)NC(=S)N3c3ccc(Sc4ccc([N+](=O)[O-])cc4)cc3)c2C)cc1. The number of pyridine rings is 1. The summed E-state index contributed by atoms with van der Waals surface area (Å²) in [6, 6.07) is 31.7. The van der Waals surface area contributed by atoms with Crippen molar-refractivity contribution < 1.29 is 4.92 Å². The number of aryl methyl sites for hydroxylation is 2. The maximum absolute atomic E-state index is 11.0. The van der Waals surface area contributed by atoms with Crippen molar-refractivity contribution in [1.29, 1.82) is 0 Å². The fourth-order valence-corrected chi connectivity index (χ4v) is 6.92. The van der Waals surface area contributed by atoms with E-state index in [1.54, 1.807) is 23.9 Å². The maximum atomic E-state index is 11.0. The highest BCUT2D eigenvalue weighted by molar-refractivity contribution is 7.99. The van der Waals surface area contributed by atoms with E-state index in [9.17, 15) is 10.1 Å². The number of non-ortho nitro benzene ring substituents is 1. The number of hydrogen-bond acceptors (Lipinski definition) is 5. The Labute approximate surface area is 260 Å². The molecule has 1 saturated heterocycles. The minimum atomic E-state index is -0.385. The molecule has 0 radical (unpaired) electrons. The van der Waals surface area contributed by atoms with Crippen molar-refractivity contribution in [2.45, 2.75) is 49.1 Å². The first kappa shape index (κ1) is 28.6. The lowest BCUT2D eigenvalue weighted by Crippen LogP contribution is -2.29. The van der Waals surface area contributed by atoms with Crippen LogP contribution in [0.1, 0.15) is 47.2 Å². The average Bonchev–Trinajstić information content (AvgIpc) is 3.52. The van der Waals surface area contributed by atoms with Crippen LogP contribution in [0.5, 0.6) is 0 Å². The summed E-state index contributed by atoms with van der Waals surface area (Å²) in [6.07, 6.45) is 2.83. The summed E-state index contributed by atoms with van der Waals surface area (Å²) in [5.74, 6) is 0. The molecule has 9 heteroatoms. The van der Waals surface area contributed by atoms with Gasteiger partial charge in [-0.3, -0.25) is 15.1 Å². The van der Waals surface area contributed by atoms with Crippen LogP contribution in [0.25, 0.3) is 5.69 Å². The molecule has 1 aliphatic rings. The van der Waals surface area contributed by atoms with Gasteiger partial charge in [-0.25, -0.2) is 0 Å². The number of nitro groups is 1. The van der Waals surface area contributed by atoms with Gasteiger partial charge in [-0.1, -0.05) is 36.9 Å². The van der Waals surface area contributed by atoms with Crippen molar-refractivity contribution in [2.75, 3.05) is 4.90 Å².